The number of hydrogen-bond donors (Lipinski definition) is 2. The smallest absolute Gasteiger partial charge is 0.193 e. The number of anilines is 1. The molecule has 0 amide bonds. The van der Waals surface area contributed by atoms with Gasteiger partial charge < -0.3 is 25.3 Å². The molecular formula is C20H27N3O3. The second-order valence-electron chi connectivity index (χ2n) is 6.03. The van der Waals surface area contributed by atoms with E-state index in [1.807, 2.05) is 18.2 Å². The van der Waals surface area contributed by atoms with Gasteiger partial charge in [0.2, 0.25) is 0 Å². The van der Waals surface area contributed by atoms with Crippen LogP contribution in [0.5, 0.6) is 17.2 Å². The highest BCUT2D eigenvalue weighted by atomic mass is 16.5. The molecule has 0 bridgehead atoms. The maximum atomic E-state index is 5.91. The summed E-state index contributed by atoms with van der Waals surface area (Å²) < 4.78 is 16.2. The van der Waals surface area contributed by atoms with Crippen LogP contribution >= 0.6 is 0 Å². The first-order valence-corrected chi connectivity index (χ1v) is 8.55. The minimum Gasteiger partial charge on any atom is -0.493 e. The molecule has 0 saturated heterocycles. The van der Waals surface area contributed by atoms with Gasteiger partial charge in [-0.15, -0.1) is 0 Å². The van der Waals surface area contributed by atoms with Crippen LogP contribution in [0.3, 0.4) is 0 Å². The monoisotopic (exact) mass is 357 g/mol. The van der Waals surface area contributed by atoms with Crippen molar-refractivity contribution >= 4 is 11.6 Å². The Morgan fingerprint density at radius 1 is 1.04 bits per heavy atom. The molecule has 2 aromatic carbocycles. The van der Waals surface area contributed by atoms with Crippen molar-refractivity contribution in [1.29, 1.82) is 0 Å². The number of hydrogen-bond acceptors (Lipinski definition) is 4. The molecule has 6 nitrogen and oxygen atoms in total. The average Bonchev–Trinajstić information content (AvgIpc) is 2.65. The van der Waals surface area contributed by atoms with Crippen LogP contribution in [0.1, 0.15) is 25.3 Å². The molecular weight excluding hydrogens is 330 g/mol. The van der Waals surface area contributed by atoms with Crippen molar-refractivity contribution < 1.29 is 14.2 Å². The molecule has 2 aromatic rings. The molecule has 26 heavy (non-hydrogen) atoms. The van der Waals surface area contributed by atoms with Gasteiger partial charge in [-0.25, -0.2) is 4.99 Å². The minimum absolute atomic E-state index is 0.316. The van der Waals surface area contributed by atoms with E-state index in [4.69, 9.17) is 19.9 Å². The zero-order valence-electron chi connectivity index (χ0n) is 15.8. The number of guanidine groups is 1. The van der Waals surface area contributed by atoms with Crippen LogP contribution in [-0.2, 0) is 0 Å². The summed E-state index contributed by atoms with van der Waals surface area (Å²) in [5.41, 5.74) is 7.97. The van der Waals surface area contributed by atoms with Gasteiger partial charge in [-0.3, -0.25) is 0 Å². The average molecular weight is 357 g/mol. The molecule has 140 valence electrons. The van der Waals surface area contributed by atoms with Crippen LogP contribution < -0.4 is 25.3 Å². The Labute approximate surface area is 155 Å². The summed E-state index contributed by atoms with van der Waals surface area (Å²) in [4.78, 5) is 4.26. The molecule has 0 saturated carbocycles. The highest BCUT2D eigenvalue weighted by Crippen LogP contribution is 2.29. The van der Waals surface area contributed by atoms with Crippen molar-refractivity contribution in [2.75, 3.05) is 32.7 Å². The zero-order valence-corrected chi connectivity index (χ0v) is 15.8. The summed E-state index contributed by atoms with van der Waals surface area (Å²) in [6.45, 7) is 5.24. The third-order valence-electron chi connectivity index (χ3n) is 3.84. The summed E-state index contributed by atoms with van der Waals surface area (Å²) in [5, 5.41) is 3.02. The van der Waals surface area contributed by atoms with Crippen molar-refractivity contribution in [2.24, 2.45) is 10.7 Å². The summed E-state index contributed by atoms with van der Waals surface area (Å²) >= 11 is 0. The largest absolute Gasteiger partial charge is 0.493 e. The fourth-order valence-corrected chi connectivity index (χ4v) is 2.38. The predicted octanol–water partition coefficient (Wildman–Crippen LogP) is 3.63. The van der Waals surface area contributed by atoms with E-state index in [-0.39, 0.29) is 0 Å². The minimum atomic E-state index is 0.316. The van der Waals surface area contributed by atoms with Gasteiger partial charge in [-0.1, -0.05) is 26.0 Å². The first-order valence-electron chi connectivity index (χ1n) is 8.55. The molecule has 0 aliphatic heterocycles. The lowest BCUT2D eigenvalue weighted by Crippen LogP contribution is -2.23. The second kappa shape index (κ2) is 9.56. The van der Waals surface area contributed by atoms with Gasteiger partial charge in [0.25, 0.3) is 0 Å². The van der Waals surface area contributed by atoms with Gasteiger partial charge in [0.1, 0.15) is 12.4 Å². The van der Waals surface area contributed by atoms with E-state index in [1.165, 1.54) is 5.56 Å². The summed E-state index contributed by atoms with van der Waals surface area (Å²) in [5.74, 6) is 2.94. The molecule has 0 spiro atoms. The maximum absolute atomic E-state index is 5.91. The molecule has 0 aromatic heterocycles. The van der Waals surface area contributed by atoms with Gasteiger partial charge in [0.05, 0.1) is 20.8 Å². The van der Waals surface area contributed by atoms with Crippen molar-refractivity contribution in [3.05, 3.63) is 48.0 Å². The van der Waals surface area contributed by atoms with Gasteiger partial charge in [-0.2, -0.15) is 0 Å². The van der Waals surface area contributed by atoms with Crippen LogP contribution in [0.15, 0.2) is 47.5 Å². The first-order chi connectivity index (χ1) is 12.5. The Hall–Kier alpha value is -2.89. The number of nitrogens with one attached hydrogen (secondary N) is 1. The maximum Gasteiger partial charge on any atom is 0.193 e. The molecule has 0 atom stereocenters. The van der Waals surface area contributed by atoms with E-state index in [2.05, 4.69) is 36.3 Å². The Morgan fingerprint density at radius 2 is 1.73 bits per heavy atom. The normalized spacial score (nSPS) is 11.3. The van der Waals surface area contributed by atoms with Crippen LogP contribution in [0, 0.1) is 0 Å². The Morgan fingerprint density at radius 3 is 2.35 bits per heavy atom. The van der Waals surface area contributed by atoms with E-state index in [9.17, 15) is 0 Å². The lowest BCUT2D eigenvalue weighted by molar-refractivity contribution is 0.328. The standard InChI is InChI=1S/C20H27N3O3/c1-14(2)15-5-8-17(9-6-15)26-12-11-22-20(21)23-16-7-10-18(24-3)19(13-16)25-4/h5-10,13-14H,11-12H2,1-4H3,(H3,21,22,23). The number of nitrogens with two attached hydrogens (primary N) is 1. The third-order valence-corrected chi connectivity index (χ3v) is 3.84. The number of ether oxygens (including phenoxy) is 3. The zero-order chi connectivity index (χ0) is 18.9. The molecule has 0 fully saturated rings. The van der Waals surface area contributed by atoms with Crippen molar-refractivity contribution in [1.82, 2.24) is 0 Å². The molecule has 0 aliphatic rings. The molecule has 6 heteroatoms. The number of aliphatic imine (C=N–C) groups is 1. The van der Waals surface area contributed by atoms with Crippen molar-refractivity contribution in [2.45, 2.75) is 19.8 Å². The van der Waals surface area contributed by atoms with E-state index in [0.29, 0.717) is 36.5 Å². The summed E-state index contributed by atoms with van der Waals surface area (Å²) in [7, 11) is 3.18. The quantitative estimate of drug-likeness (QED) is 0.428. The molecule has 3 N–H and O–H groups in total. The van der Waals surface area contributed by atoms with E-state index >= 15 is 0 Å². The topological polar surface area (TPSA) is 78.1 Å². The molecule has 0 unspecified atom stereocenters. The van der Waals surface area contributed by atoms with Crippen LogP contribution in [0.2, 0.25) is 0 Å². The predicted molar refractivity (Wildman–Crippen MR) is 106 cm³/mol. The van der Waals surface area contributed by atoms with Crippen LogP contribution in [0.25, 0.3) is 0 Å². The lowest BCUT2D eigenvalue weighted by Gasteiger charge is -2.11. The lowest BCUT2D eigenvalue weighted by atomic mass is 10.0. The second-order valence-corrected chi connectivity index (χ2v) is 6.03. The summed E-state index contributed by atoms with van der Waals surface area (Å²) in [6.07, 6.45) is 0. The van der Waals surface area contributed by atoms with Crippen LogP contribution in [-0.4, -0.2) is 33.3 Å². The van der Waals surface area contributed by atoms with Crippen LogP contribution in [0.4, 0.5) is 5.69 Å². The first kappa shape index (κ1) is 19.4. The number of methoxy groups -OCH3 is 2. The summed E-state index contributed by atoms with van der Waals surface area (Å²) in [6, 6.07) is 13.6. The highest BCUT2D eigenvalue weighted by molar-refractivity contribution is 5.92. The molecule has 2 rings (SSSR count). The number of nitrogens with zero attached hydrogens (tertiary/aromatic N) is 1. The fourth-order valence-electron chi connectivity index (χ4n) is 2.38. The van der Waals surface area contributed by atoms with Crippen molar-refractivity contribution in [3.63, 3.8) is 0 Å². The number of rotatable bonds is 8. The van der Waals surface area contributed by atoms with Gasteiger partial charge >= 0.3 is 0 Å². The number of benzene rings is 2. The van der Waals surface area contributed by atoms with E-state index in [0.717, 1.165) is 11.4 Å². The molecule has 0 aliphatic carbocycles. The van der Waals surface area contributed by atoms with Gasteiger partial charge in [0, 0.05) is 11.8 Å². The Bertz CT molecular complexity index is 728. The fraction of sp³-hybridized carbons (Fsp3) is 0.350. The van der Waals surface area contributed by atoms with Gasteiger partial charge in [-0.05, 0) is 35.7 Å². The SMILES string of the molecule is COc1ccc(NC(N)=NCCOc2ccc(C(C)C)cc2)cc1OC. The third kappa shape index (κ3) is 5.58. The van der Waals surface area contributed by atoms with E-state index in [1.54, 1.807) is 26.4 Å². The Balaban J connectivity index is 1.83. The highest BCUT2D eigenvalue weighted by Gasteiger charge is 2.05. The van der Waals surface area contributed by atoms with E-state index < -0.39 is 0 Å². The molecule has 0 heterocycles. The van der Waals surface area contributed by atoms with Crippen molar-refractivity contribution in [3.8, 4) is 17.2 Å². The van der Waals surface area contributed by atoms with Gasteiger partial charge in [0.15, 0.2) is 17.5 Å². The molecule has 0 radical (unpaired) electrons. The Kier molecular flexibility index (Phi) is 7.14.